The Morgan fingerprint density at radius 2 is 1.95 bits per heavy atom. The molecule has 0 aliphatic rings. The lowest BCUT2D eigenvalue weighted by molar-refractivity contribution is 0.199. The molecule has 2 aromatic rings. The van der Waals surface area contributed by atoms with Gasteiger partial charge < -0.3 is 14.7 Å². The zero-order chi connectivity index (χ0) is 14.5. The van der Waals surface area contributed by atoms with Gasteiger partial charge in [0.05, 0.1) is 13.2 Å². The minimum absolute atomic E-state index is 0.531. The van der Waals surface area contributed by atoms with Crippen molar-refractivity contribution in [3.05, 3.63) is 53.7 Å². The Balaban J connectivity index is 2.17. The summed E-state index contributed by atoms with van der Waals surface area (Å²) in [6.07, 6.45) is 1.21. The summed E-state index contributed by atoms with van der Waals surface area (Å²) in [5.41, 5.74) is 2.00. The molecular formula is C16H20N2O2. The van der Waals surface area contributed by atoms with E-state index in [4.69, 9.17) is 4.74 Å². The molecule has 2 rings (SSSR count). The Bertz CT molecular complexity index is 553. The molecule has 0 aliphatic carbocycles. The maximum atomic E-state index is 9.80. The van der Waals surface area contributed by atoms with Gasteiger partial charge in [-0.2, -0.15) is 0 Å². The number of aromatic nitrogens is 1. The molecule has 0 bridgehead atoms. The fraction of sp³-hybridized carbons (Fsp3) is 0.312. The Hall–Kier alpha value is -2.07. The molecule has 106 valence electrons. The standard InChI is InChI=1S/C16H20N2O2/c1-12(19)15-5-4-10-17-16(15)18(2)11-13-6-8-14(20-3)9-7-13/h4-10,12,19H,11H2,1-3H3/t12-/m1/s1. The summed E-state index contributed by atoms with van der Waals surface area (Å²) in [4.78, 5) is 6.40. The van der Waals surface area contributed by atoms with Gasteiger partial charge >= 0.3 is 0 Å². The van der Waals surface area contributed by atoms with Crippen LogP contribution in [0.15, 0.2) is 42.6 Å². The van der Waals surface area contributed by atoms with Gasteiger partial charge in [-0.3, -0.25) is 0 Å². The lowest BCUT2D eigenvalue weighted by atomic mass is 10.1. The smallest absolute Gasteiger partial charge is 0.134 e. The first-order valence-electron chi connectivity index (χ1n) is 6.59. The van der Waals surface area contributed by atoms with Crippen molar-refractivity contribution in [3.8, 4) is 5.75 Å². The van der Waals surface area contributed by atoms with Gasteiger partial charge in [0.25, 0.3) is 0 Å². The number of nitrogens with zero attached hydrogens (tertiary/aromatic N) is 2. The molecule has 0 spiro atoms. The number of hydrogen-bond donors (Lipinski definition) is 1. The molecule has 1 heterocycles. The summed E-state index contributed by atoms with van der Waals surface area (Å²) in [5, 5.41) is 9.80. The van der Waals surface area contributed by atoms with E-state index < -0.39 is 6.10 Å². The largest absolute Gasteiger partial charge is 0.497 e. The van der Waals surface area contributed by atoms with E-state index >= 15 is 0 Å². The average Bonchev–Trinajstić information content (AvgIpc) is 2.48. The van der Waals surface area contributed by atoms with Crippen LogP contribution in [0.5, 0.6) is 5.75 Å². The molecule has 0 aliphatic heterocycles. The quantitative estimate of drug-likeness (QED) is 0.909. The number of benzene rings is 1. The third-order valence-corrected chi connectivity index (χ3v) is 3.21. The molecular weight excluding hydrogens is 252 g/mol. The first-order valence-corrected chi connectivity index (χ1v) is 6.59. The van der Waals surface area contributed by atoms with E-state index in [-0.39, 0.29) is 0 Å². The molecule has 0 saturated carbocycles. The topological polar surface area (TPSA) is 45.6 Å². The van der Waals surface area contributed by atoms with Crippen LogP contribution in [0, 0.1) is 0 Å². The fourth-order valence-electron chi connectivity index (χ4n) is 2.13. The molecule has 1 aromatic carbocycles. The monoisotopic (exact) mass is 272 g/mol. The van der Waals surface area contributed by atoms with Crippen LogP contribution in [0.3, 0.4) is 0 Å². The van der Waals surface area contributed by atoms with Gasteiger partial charge in [-0.25, -0.2) is 4.98 Å². The van der Waals surface area contributed by atoms with Crippen molar-refractivity contribution in [2.24, 2.45) is 0 Å². The van der Waals surface area contributed by atoms with Crippen molar-refractivity contribution >= 4 is 5.82 Å². The zero-order valence-electron chi connectivity index (χ0n) is 12.1. The molecule has 1 atom stereocenters. The summed E-state index contributed by atoms with van der Waals surface area (Å²) in [5.74, 6) is 1.65. The third-order valence-electron chi connectivity index (χ3n) is 3.21. The van der Waals surface area contributed by atoms with Crippen molar-refractivity contribution in [2.45, 2.75) is 19.6 Å². The van der Waals surface area contributed by atoms with Gasteiger partial charge in [-0.05, 0) is 30.7 Å². The highest BCUT2D eigenvalue weighted by Crippen LogP contribution is 2.24. The summed E-state index contributed by atoms with van der Waals surface area (Å²) in [7, 11) is 3.63. The Morgan fingerprint density at radius 3 is 2.55 bits per heavy atom. The highest BCUT2D eigenvalue weighted by molar-refractivity contribution is 5.47. The molecule has 1 aromatic heterocycles. The molecule has 1 N–H and O–H groups in total. The van der Waals surface area contributed by atoms with Crippen LogP contribution in [-0.4, -0.2) is 24.2 Å². The van der Waals surface area contributed by atoms with E-state index in [1.807, 2.05) is 48.3 Å². The molecule has 0 amide bonds. The van der Waals surface area contributed by atoms with E-state index in [1.54, 1.807) is 20.2 Å². The maximum Gasteiger partial charge on any atom is 0.134 e. The average molecular weight is 272 g/mol. The van der Waals surface area contributed by atoms with Gasteiger partial charge in [-0.1, -0.05) is 18.2 Å². The van der Waals surface area contributed by atoms with Gasteiger partial charge in [0.1, 0.15) is 11.6 Å². The Kier molecular flexibility index (Phi) is 4.58. The first kappa shape index (κ1) is 14.3. The van der Waals surface area contributed by atoms with Crippen molar-refractivity contribution in [3.63, 3.8) is 0 Å². The number of aliphatic hydroxyl groups is 1. The summed E-state index contributed by atoms with van der Waals surface area (Å²) < 4.78 is 5.15. The molecule has 4 heteroatoms. The molecule has 0 unspecified atom stereocenters. The summed E-state index contributed by atoms with van der Waals surface area (Å²) in [6.45, 7) is 2.47. The number of methoxy groups -OCH3 is 1. The number of anilines is 1. The predicted molar refractivity (Wildman–Crippen MR) is 80.0 cm³/mol. The lowest BCUT2D eigenvalue weighted by Crippen LogP contribution is -2.20. The lowest BCUT2D eigenvalue weighted by Gasteiger charge is -2.22. The van der Waals surface area contributed by atoms with Crippen LogP contribution in [-0.2, 0) is 6.54 Å². The molecule has 0 radical (unpaired) electrons. The number of hydrogen-bond acceptors (Lipinski definition) is 4. The second-order valence-electron chi connectivity index (χ2n) is 4.80. The van der Waals surface area contributed by atoms with E-state index in [0.29, 0.717) is 0 Å². The van der Waals surface area contributed by atoms with Crippen molar-refractivity contribution in [1.29, 1.82) is 0 Å². The minimum atomic E-state index is -0.531. The van der Waals surface area contributed by atoms with Gasteiger partial charge in [-0.15, -0.1) is 0 Å². The number of aliphatic hydroxyl groups excluding tert-OH is 1. The SMILES string of the molecule is COc1ccc(CN(C)c2ncccc2[C@@H](C)O)cc1. The van der Waals surface area contributed by atoms with E-state index in [9.17, 15) is 5.11 Å². The fourth-order valence-corrected chi connectivity index (χ4v) is 2.13. The Labute approximate surface area is 119 Å². The van der Waals surface area contributed by atoms with E-state index in [1.165, 1.54) is 0 Å². The van der Waals surface area contributed by atoms with E-state index in [2.05, 4.69) is 4.98 Å². The van der Waals surface area contributed by atoms with Crippen LogP contribution >= 0.6 is 0 Å². The van der Waals surface area contributed by atoms with Crippen LogP contribution in [0.2, 0.25) is 0 Å². The third kappa shape index (κ3) is 3.27. The first-order chi connectivity index (χ1) is 9.61. The number of rotatable bonds is 5. The van der Waals surface area contributed by atoms with Gasteiger partial charge in [0, 0.05) is 25.4 Å². The zero-order valence-corrected chi connectivity index (χ0v) is 12.1. The summed E-state index contributed by atoms with van der Waals surface area (Å²) in [6, 6.07) is 11.7. The predicted octanol–water partition coefficient (Wildman–Crippen LogP) is 2.78. The van der Waals surface area contributed by atoms with E-state index in [0.717, 1.165) is 29.2 Å². The number of pyridine rings is 1. The van der Waals surface area contributed by atoms with Crippen molar-refractivity contribution in [2.75, 3.05) is 19.1 Å². The molecule has 4 nitrogen and oxygen atoms in total. The van der Waals surface area contributed by atoms with Crippen LogP contribution in [0.25, 0.3) is 0 Å². The minimum Gasteiger partial charge on any atom is -0.497 e. The normalized spacial score (nSPS) is 12.0. The van der Waals surface area contributed by atoms with Crippen molar-refractivity contribution in [1.82, 2.24) is 4.98 Å². The highest BCUT2D eigenvalue weighted by atomic mass is 16.5. The number of ether oxygens (including phenoxy) is 1. The van der Waals surface area contributed by atoms with Crippen LogP contribution in [0.4, 0.5) is 5.82 Å². The molecule has 20 heavy (non-hydrogen) atoms. The van der Waals surface area contributed by atoms with Crippen LogP contribution in [0.1, 0.15) is 24.2 Å². The molecule has 0 fully saturated rings. The molecule has 0 saturated heterocycles. The van der Waals surface area contributed by atoms with Gasteiger partial charge in [0.2, 0.25) is 0 Å². The highest BCUT2D eigenvalue weighted by Gasteiger charge is 2.12. The second-order valence-corrected chi connectivity index (χ2v) is 4.80. The summed E-state index contributed by atoms with van der Waals surface area (Å²) >= 11 is 0. The van der Waals surface area contributed by atoms with Crippen LogP contribution < -0.4 is 9.64 Å². The van der Waals surface area contributed by atoms with Gasteiger partial charge in [0.15, 0.2) is 0 Å². The maximum absolute atomic E-state index is 9.80. The van der Waals surface area contributed by atoms with Crippen molar-refractivity contribution < 1.29 is 9.84 Å². The Morgan fingerprint density at radius 1 is 1.25 bits per heavy atom. The second kappa shape index (κ2) is 6.39.